The van der Waals surface area contributed by atoms with Crippen molar-refractivity contribution in [3.05, 3.63) is 85.1 Å². The molecule has 306 valence electrons. The number of carboxylic acids is 1. The molecule has 54 heavy (non-hydrogen) atoms. The van der Waals surface area contributed by atoms with Crippen LogP contribution >= 0.6 is 0 Å². The third-order valence-electron chi connectivity index (χ3n) is 8.52. The third-order valence-corrected chi connectivity index (χ3v) is 8.52. The number of rotatable bonds is 35. The first kappa shape index (κ1) is 50.5. The molecular formula is C46H75NO7. The Morgan fingerprint density at radius 3 is 1.57 bits per heavy atom. The molecule has 0 spiro atoms. The highest BCUT2D eigenvalue weighted by Crippen LogP contribution is 2.10. The van der Waals surface area contributed by atoms with E-state index in [9.17, 15) is 19.5 Å². The van der Waals surface area contributed by atoms with Crippen LogP contribution in [0.15, 0.2) is 85.1 Å². The molecule has 8 nitrogen and oxygen atoms in total. The molecule has 0 bridgehead atoms. The maximum Gasteiger partial charge on any atom is 0.306 e. The Morgan fingerprint density at radius 2 is 1.06 bits per heavy atom. The SMILES string of the molecule is CC/C=C/C/C=C/C/C=C/C/C=C/C/C=C/C/C=C/CCCCC(=O)OC(COCCC(C(=O)[O-])[N+](C)(C)C)COC(=O)CCC/C=C/CCCCCC. The van der Waals surface area contributed by atoms with E-state index in [-0.39, 0.29) is 55.5 Å². The number of unbranched alkanes of at least 4 members (excludes halogenated alkanes) is 7. The van der Waals surface area contributed by atoms with Gasteiger partial charge in [0.25, 0.3) is 0 Å². The molecular weight excluding hydrogens is 679 g/mol. The highest BCUT2D eigenvalue weighted by Gasteiger charge is 2.25. The standard InChI is InChI=1S/C46H75NO7/c1-6-8-10-12-14-16-17-18-19-20-21-22-23-24-25-26-27-29-31-33-35-37-45(49)54-42(40-52-39-38-43(46(50)51)47(3,4)5)41-53-44(48)36-34-32-30-28-15-13-11-9-7-2/h8,10,14,16,18-19,21-22,24-25,27-30,42-43H,6-7,9,11-13,15,17,20,23,26,31-41H2,1-5H3/b10-8+,16-14+,19-18+,22-21+,25-24+,29-27+,30-28+. The molecule has 0 saturated heterocycles. The summed E-state index contributed by atoms with van der Waals surface area (Å²) in [5.74, 6) is -1.85. The summed E-state index contributed by atoms with van der Waals surface area (Å²) in [6.45, 7) is 4.40. The minimum atomic E-state index is -1.14. The summed E-state index contributed by atoms with van der Waals surface area (Å²) in [5.41, 5.74) is 0. The Labute approximate surface area is 329 Å². The molecule has 2 unspecified atom stereocenters. The molecule has 0 aliphatic carbocycles. The molecule has 0 N–H and O–H groups in total. The van der Waals surface area contributed by atoms with Gasteiger partial charge in [-0.25, -0.2) is 0 Å². The van der Waals surface area contributed by atoms with Crippen LogP contribution in [0.4, 0.5) is 0 Å². The number of aliphatic carboxylic acids is 1. The minimum Gasteiger partial charge on any atom is -0.544 e. The highest BCUT2D eigenvalue weighted by molar-refractivity contribution is 5.70. The summed E-state index contributed by atoms with van der Waals surface area (Å²) in [6.07, 6.45) is 46.3. The van der Waals surface area contributed by atoms with Crippen LogP contribution in [0, 0.1) is 0 Å². The molecule has 2 atom stereocenters. The fourth-order valence-corrected chi connectivity index (χ4v) is 5.31. The van der Waals surface area contributed by atoms with Gasteiger partial charge in [0.2, 0.25) is 0 Å². The van der Waals surface area contributed by atoms with Crippen LogP contribution in [0.1, 0.15) is 136 Å². The van der Waals surface area contributed by atoms with Crippen LogP contribution in [0.25, 0.3) is 0 Å². The number of esters is 2. The van der Waals surface area contributed by atoms with Gasteiger partial charge in [-0.3, -0.25) is 9.59 Å². The van der Waals surface area contributed by atoms with Gasteiger partial charge in [-0.2, -0.15) is 0 Å². The topological polar surface area (TPSA) is 102 Å². The average Bonchev–Trinajstić information content (AvgIpc) is 3.12. The summed E-state index contributed by atoms with van der Waals surface area (Å²) in [5, 5.41) is 11.6. The quantitative estimate of drug-likeness (QED) is 0.0275. The Hall–Kier alpha value is -3.49. The monoisotopic (exact) mass is 754 g/mol. The lowest BCUT2D eigenvalue weighted by atomic mass is 10.1. The first-order valence-corrected chi connectivity index (χ1v) is 20.6. The number of likely N-dealkylation sites (N-methyl/N-ethyl adjacent to an activating group) is 1. The number of quaternary nitrogens is 1. The van der Waals surface area contributed by atoms with Crippen molar-refractivity contribution in [2.45, 2.75) is 148 Å². The summed E-state index contributed by atoms with van der Waals surface area (Å²) in [6, 6.07) is -0.740. The van der Waals surface area contributed by atoms with Crippen molar-refractivity contribution >= 4 is 17.9 Å². The molecule has 0 aromatic carbocycles. The lowest BCUT2D eigenvalue weighted by molar-refractivity contribution is -0.889. The summed E-state index contributed by atoms with van der Waals surface area (Å²) >= 11 is 0. The fourth-order valence-electron chi connectivity index (χ4n) is 5.31. The normalized spacial score (nSPS) is 13.9. The lowest BCUT2D eigenvalue weighted by Gasteiger charge is -2.34. The van der Waals surface area contributed by atoms with E-state index >= 15 is 0 Å². The van der Waals surface area contributed by atoms with Gasteiger partial charge in [-0.1, -0.05) is 118 Å². The van der Waals surface area contributed by atoms with Gasteiger partial charge in [0, 0.05) is 19.3 Å². The van der Waals surface area contributed by atoms with Crippen LogP contribution in [-0.2, 0) is 28.6 Å². The predicted octanol–water partition coefficient (Wildman–Crippen LogP) is 9.63. The van der Waals surface area contributed by atoms with Gasteiger partial charge >= 0.3 is 11.9 Å². The fraction of sp³-hybridized carbons (Fsp3) is 0.630. The van der Waals surface area contributed by atoms with E-state index in [2.05, 4.69) is 98.9 Å². The van der Waals surface area contributed by atoms with Crippen molar-refractivity contribution in [1.82, 2.24) is 0 Å². The van der Waals surface area contributed by atoms with E-state index in [1.807, 2.05) is 0 Å². The zero-order chi connectivity index (χ0) is 40.0. The maximum absolute atomic E-state index is 12.7. The molecule has 0 rings (SSSR count). The molecule has 0 aliphatic rings. The van der Waals surface area contributed by atoms with E-state index in [0.717, 1.165) is 64.2 Å². The van der Waals surface area contributed by atoms with Crippen LogP contribution in [0.3, 0.4) is 0 Å². The molecule has 0 amide bonds. The van der Waals surface area contributed by atoms with Gasteiger partial charge in [0.05, 0.1) is 40.3 Å². The van der Waals surface area contributed by atoms with Crippen LogP contribution in [0.2, 0.25) is 0 Å². The Kier molecular flexibility index (Phi) is 34.1. The number of carbonyl (C=O) groups is 3. The number of ether oxygens (including phenoxy) is 3. The van der Waals surface area contributed by atoms with E-state index in [4.69, 9.17) is 14.2 Å². The van der Waals surface area contributed by atoms with Crippen LogP contribution in [0.5, 0.6) is 0 Å². The molecule has 0 radical (unpaired) electrons. The van der Waals surface area contributed by atoms with Crippen molar-refractivity contribution in [2.75, 3.05) is 41.0 Å². The molecule has 0 aromatic heterocycles. The highest BCUT2D eigenvalue weighted by atomic mass is 16.6. The molecule has 0 saturated carbocycles. The predicted molar refractivity (Wildman–Crippen MR) is 222 cm³/mol. The molecule has 0 fully saturated rings. The second-order valence-corrected chi connectivity index (χ2v) is 14.5. The Balaban J connectivity index is 4.47. The van der Waals surface area contributed by atoms with Crippen molar-refractivity contribution in [2.24, 2.45) is 0 Å². The summed E-state index contributed by atoms with van der Waals surface area (Å²) in [4.78, 5) is 36.6. The number of hydrogen-bond acceptors (Lipinski definition) is 7. The van der Waals surface area contributed by atoms with Crippen LogP contribution in [-0.4, -0.2) is 75.5 Å². The molecule has 0 aromatic rings. The summed E-state index contributed by atoms with van der Waals surface area (Å²) in [7, 11) is 5.36. The van der Waals surface area contributed by atoms with E-state index in [0.29, 0.717) is 12.8 Å². The second-order valence-electron chi connectivity index (χ2n) is 14.5. The van der Waals surface area contributed by atoms with Gasteiger partial charge < -0.3 is 28.6 Å². The van der Waals surface area contributed by atoms with E-state index in [1.54, 1.807) is 21.1 Å². The lowest BCUT2D eigenvalue weighted by Crippen LogP contribution is -2.55. The maximum atomic E-state index is 12.7. The zero-order valence-corrected chi connectivity index (χ0v) is 34.6. The number of carboxylic acid groups (broad SMARTS) is 1. The smallest absolute Gasteiger partial charge is 0.306 e. The second kappa shape index (κ2) is 36.5. The average molecular weight is 754 g/mol. The number of allylic oxidation sites excluding steroid dienone is 14. The first-order chi connectivity index (χ1) is 26.1. The van der Waals surface area contributed by atoms with Crippen LogP contribution < -0.4 is 5.11 Å². The summed E-state index contributed by atoms with van der Waals surface area (Å²) < 4.78 is 17.0. The zero-order valence-electron chi connectivity index (χ0n) is 34.6. The Bertz CT molecular complexity index is 1160. The first-order valence-electron chi connectivity index (χ1n) is 20.6. The van der Waals surface area contributed by atoms with Gasteiger partial charge in [-0.05, 0) is 83.5 Å². The minimum absolute atomic E-state index is 0.00916. The van der Waals surface area contributed by atoms with Gasteiger partial charge in [0.1, 0.15) is 12.6 Å². The van der Waals surface area contributed by atoms with Gasteiger partial charge in [0.15, 0.2) is 6.10 Å². The van der Waals surface area contributed by atoms with E-state index in [1.165, 1.54) is 25.7 Å². The molecule has 0 aliphatic heterocycles. The largest absolute Gasteiger partial charge is 0.544 e. The van der Waals surface area contributed by atoms with Crippen molar-refractivity contribution in [3.8, 4) is 0 Å². The molecule has 8 heteroatoms. The van der Waals surface area contributed by atoms with Gasteiger partial charge in [-0.15, -0.1) is 0 Å². The number of hydrogen-bond donors (Lipinski definition) is 0. The van der Waals surface area contributed by atoms with Crippen molar-refractivity contribution < 1.29 is 38.2 Å². The van der Waals surface area contributed by atoms with Crippen molar-refractivity contribution in [3.63, 3.8) is 0 Å². The van der Waals surface area contributed by atoms with Crippen molar-refractivity contribution in [1.29, 1.82) is 0 Å². The number of nitrogens with zero attached hydrogens (tertiary/aromatic N) is 1. The Morgan fingerprint density at radius 1 is 0.574 bits per heavy atom. The third kappa shape index (κ3) is 34.3. The van der Waals surface area contributed by atoms with E-state index < -0.39 is 18.1 Å². The molecule has 0 heterocycles. The number of carbonyl (C=O) groups excluding carboxylic acids is 3.